The van der Waals surface area contributed by atoms with Gasteiger partial charge >= 0.3 is 6.18 Å². The predicted molar refractivity (Wildman–Crippen MR) is 62.2 cm³/mol. The number of anilines is 1. The number of hydrogen-bond donors (Lipinski definition) is 1. The molecule has 0 aliphatic heterocycles. The molecule has 2 nitrogen and oxygen atoms in total. The van der Waals surface area contributed by atoms with Crippen LogP contribution in [0.15, 0.2) is 12.1 Å². The predicted octanol–water partition coefficient (Wildman–Crippen LogP) is 4.21. The number of nitrogens with zero attached hydrogens (tertiary/aromatic N) is 1. The first-order valence-electron chi connectivity index (χ1n) is 5.07. The highest BCUT2D eigenvalue weighted by Gasteiger charge is 2.32. The minimum atomic E-state index is -4.47. The number of hydrogen-bond acceptors (Lipinski definition) is 2. The molecule has 6 heteroatoms. The highest BCUT2D eigenvalue weighted by atomic mass is 35.5. The smallest absolute Gasteiger partial charge is 0.382 e. The van der Waals surface area contributed by atoms with E-state index in [2.05, 4.69) is 10.3 Å². The van der Waals surface area contributed by atoms with Crippen molar-refractivity contribution in [2.45, 2.75) is 26.9 Å². The van der Waals surface area contributed by atoms with Gasteiger partial charge in [0.05, 0.1) is 5.69 Å². The van der Waals surface area contributed by atoms with Gasteiger partial charge in [0.25, 0.3) is 0 Å². The molecule has 1 aromatic rings. The van der Waals surface area contributed by atoms with Gasteiger partial charge in [0.1, 0.15) is 5.69 Å². The Morgan fingerprint density at radius 1 is 1.24 bits per heavy atom. The molecule has 0 atom stereocenters. The van der Waals surface area contributed by atoms with Crippen molar-refractivity contribution in [2.24, 2.45) is 5.41 Å². The molecule has 0 spiro atoms. The second-order valence-electron chi connectivity index (χ2n) is 4.95. The van der Waals surface area contributed by atoms with Crippen molar-refractivity contribution in [1.29, 1.82) is 0 Å². The van der Waals surface area contributed by atoms with Crippen LogP contribution >= 0.6 is 11.6 Å². The second-order valence-corrected chi connectivity index (χ2v) is 5.30. The molecule has 0 bridgehead atoms. The molecule has 1 rings (SSSR count). The number of alkyl halides is 3. The summed E-state index contributed by atoms with van der Waals surface area (Å²) in [5.41, 5.74) is -0.565. The lowest BCUT2D eigenvalue weighted by Gasteiger charge is -2.20. The average molecular weight is 267 g/mol. The summed E-state index contributed by atoms with van der Waals surface area (Å²) in [7, 11) is 0. The van der Waals surface area contributed by atoms with Crippen molar-refractivity contribution in [3.8, 4) is 0 Å². The molecule has 0 aliphatic rings. The molecule has 96 valence electrons. The zero-order valence-electron chi connectivity index (χ0n) is 9.82. The third-order valence-electron chi connectivity index (χ3n) is 1.95. The zero-order valence-corrected chi connectivity index (χ0v) is 10.6. The Morgan fingerprint density at radius 2 is 1.82 bits per heavy atom. The molecule has 0 aromatic carbocycles. The highest BCUT2D eigenvalue weighted by molar-refractivity contribution is 6.32. The van der Waals surface area contributed by atoms with Crippen LogP contribution in [0.4, 0.5) is 18.9 Å². The first-order valence-corrected chi connectivity index (χ1v) is 5.45. The average Bonchev–Trinajstić information content (AvgIpc) is 2.12. The third kappa shape index (κ3) is 4.42. The maximum atomic E-state index is 12.3. The minimum Gasteiger partial charge on any atom is -0.382 e. The zero-order chi connectivity index (χ0) is 13.3. The van der Waals surface area contributed by atoms with E-state index in [1.54, 1.807) is 0 Å². The lowest BCUT2D eigenvalue weighted by atomic mass is 9.97. The van der Waals surface area contributed by atoms with Gasteiger partial charge in [-0.25, -0.2) is 4.98 Å². The molecule has 1 heterocycles. The lowest BCUT2D eigenvalue weighted by molar-refractivity contribution is -0.141. The van der Waals surface area contributed by atoms with Gasteiger partial charge < -0.3 is 5.32 Å². The second kappa shape index (κ2) is 4.72. The van der Waals surface area contributed by atoms with E-state index in [0.29, 0.717) is 12.2 Å². The first kappa shape index (κ1) is 14.1. The summed E-state index contributed by atoms with van der Waals surface area (Å²) in [6, 6.07) is 2.21. The number of pyridine rings is 1. The Bertz CT molecular complexity index is 397. The molecular formula is C11H14ClF3N2. The summed E-state index contributed by atoms with van der Waals surface area (Å²) in [4.78, 5) is 3.32. The van der Waals surface area contributed by atoms with E-state index < -0.39 is 11.9 Å². The molecule has 1 aromatic heterocycles. The Hall–Kier alpha value is -0.970. The Morgan fingerprint density at radius 3 is 2.24 bits per heavy atom. The number of nitrogens with one attached hydrogen (secondary N) is 1. The first-order chi connectivity index (χ1) is 7.59. The maximum Gasteiger partial charge on any atom is 0.433 e. The van der Waals surface area contributed by atoms with E-state index in [0.717, 1.165) is 6.07 Å². The summed E-state index contributed by atoms with van der Waals surface area (Å²) < 4.78 is 37.0. The molecule has 0 radical (unpaired) electrons. The minimum absolute atomic E-state index is 0.00598. The van der Waals surface area contributed by atoms with Gasteiger partial charge in [0.2, 0.25) is 0 Å². The van der Waals surface area contributed by atoms with Crippen LogP contribution in [0.25, 0.3) is 0 Å². The topological polar surface area (TPSA) is 24.9 Å². The van der Waals surface area contributed by atoms with Crippen molar-refractivity contribution < 1.29 is 13.2 Å². The maximum absolute atomic E-state index is 12.3. The summed E-state index contributed by atoms with van der Waals surface area (Å²) in [6.07, 6.45) is -4.47. The van der Waals surface area contributed by atoms with Gasteiger partial charge in [-0.3, -0.25) is 0 Å². The molecule has 0 saturated carbocycles. The Balaban J connectivity index is 2.84. The molecule has 0 fully saturated rings. The van der Waals surface area contributed by atoms with Gasteiger partial charge in [0.15, 0.2) is 5.15 Å². The van der Waals surface area contributed by atoms with Crippen molar-refractivity contribution in [3.63, 3.8) is 0 Å². The largest absolute Gasteiger partial charge is 0.433 e. The van der Waals surface area contributed by atoms with Crippen LogP contribution in [0.3, 0.4) is 0 Å². The highest BCUT2D eigenvalue weighted by Crippen LogP contribution is 2.31. The molecule has 0 aliphatic carbocycles. The normalized spacial score (nSPS) is 12.6. The van der Waals surface area contributed by atoms with Crippen molar-refractivity contribution in [1.82, 2.24) is 4.98 Å². The van der Waals surface area contributed by atoms with Crippen LogP contribution in [0.5, 0.6) is 0 Å². The fourth-order valence-electron chi connectivity index (χ4n) is 1.08. The molecule has 1 N–H and O–H groups in total. The van der Waals surface area contributed by atoms with Crippen molar-refractivity contribution in [2.75, 3.05) is 11.9 Å². The Labute approximate surface area is 103 Å². The van der Waals surface area contributed by atoms with Crippen molar-refractivity contribution >= 4 is 17.3 Å². The Kier molecular flexibility index (Phi) is 3.91. The summed E-state index contributed by atoms with van der Waals surface area (Å²) in [6.45, 7) is 6.61. The molecule has 0 saturated heterocycles. The van der Waals surface area contributed by atoms with Gasteiger partial charge in [-0.05, 0) is 17.5 Å². The fourth-order valence-corrected chi connectivity index (χ4v) is 1.31. The van der Waals surface area contributed by atoms with E-state index in [-0.39, 0.29) is 10.6 Å². The van der Waals surface area contributed by atoms with Crippen LogP contribution in [0, 0.1) is 5.41 Å². The summed E-state index contributed by atoms with van der Waals surface area (Å²) >= 11 is 5.69. The number of aromatic nitrogens is 1. The number of halogens is 4. The van der Waals surface area contributed by atoms with Crippen LogP contribution in [0.2, 0.25) is 5.15 Å². The van der Waals surface area contributed by atoms with Gasteiger partial charge in [-0.2, -0.15) is 13.2 Å². The van der Waals surface area contributed by atoms with E-state index in [1.165, 1.54) is 6.07 Å². The van der Waals surface area contributed by atoms with Crippen LogP contribution in [-0.2, 0) is 6.18 Å². The van der Waals surface area contributed by atoms with Crippen LogP contribution in [-0.4, -0.2) is 11.5 Å². The molecule has 0 unspecified atom stereocenters. The van der Waals surface area contributed by atoms with Gasteiger partial charge in [0, 0.05) is 6.54 Å². The van der Waals surface area contributed by atoms with E-state index in [1.807, 2.05) is 20.8 Å². The van der Waals surface area contributed by atoms with Crippen molar-refractivity contribution in [3.05, 3.63) is 23.0 Å². The van der Waals surface area contributed by atoms with E-state index in [4.69, 9.17) is 11.6 Å². The van der Waals surface area contributed by atoms with Gasteiger partial charge in [-0.1, -0.05) is 32.4 Å². The SMILES string of the molecule is CC(C)(C)CNc1ccc(C(F)(F)F)nc1Cl. The third-order valence-corrected chi connectivity index (χ3v) is 2.24. The summed E-state index contributed by atoms with van der Waals surface area (Å²) in [5, 5.41) is 2.81. The molecule has 17 heavy (non-hydrogen) atoms. The standard InChI is InChI=1S/C11H14ClF3N2/c1-10(2,3)6-16-7-4-5-8(11(13,14)15)17-9(7)12/h4-5,16H,6H2,1-3H3. The van der Waals surface area contributed by atoms with E-state index >= 15 is 0 Å². The molecule has 0 amide bonds. The monoisotopic (exact) mass is 266 g/mol. The summed E-state index contributed by atoms with van der Waals surface area (Å²) in [5.74, 6) is 0. The molecular weight excluding hydrogens is 253 g/mol. The fraction of sp³-hybridized carbons (Fsp3) is 0.545. The lowest BCUT2D eigenvalue weighted by Crippen LogP contribution is -2.19. The van der Waals surface area contributed by atoms with E-state index in [9.17, 15) is 13.2 Å². The van der Waals surface area contributed by atoms with Crippen LogP contribution < -0.4 is 5.32 Å². The quantitative estimate of drug-likeness (QED) is 0.811. The van der Waals surface area contributed by atoms with Crippen LogP contribution in [0.1, 0.15) is 26.5 Å². The van der Waals surface area contributed by atoms with Gasteiger partial charge in [-0.15, -0.1) is 0 Å². The number of rotatable bonds is 2.